The number of carbonyl (C=O) groups is 2. The lowest BCUT2D eigenvalue weighted by Crippen LogP contribution is -2.21. The molecule has 0 unspecified atom stereocenters. The van der Waals surface area contributed by atoms with Gasteiger partial charge in [0.05, 0.1) is 30.7 Å². The van der Waals surface area contributed by atoms with Crippen LogP contribution >= 0.6 is 0 Å². The maximum atomic E-state index is 12.0. The first-order chi connectivity index (χ1) is 12.0. The third-order valence-electron chi connectivity index (χ3n) is 3.26. The van der Waals surface area contributed by atoms with Crippen molar-refractivity contribution in [1.82, 2.24) is 0 Å². The van der Waals surface area contributed by atoms with E-state index in [1.54, 1.807) is 30.3 Å². The zero-order chi connectivity index (χ0) is 18.2. The standard InChI is InChI=1S/C18H20N2O5/c1-3-24-16-7-5-4-6-14(16)20-17(21)11-25-18(22)12-8-9-15(23-2)13(19)10-12/h4-10H,3,11,19H2,1-2H3,(H,20,21). The van der Waals surface area contributed by atoms with Crippen LogP contribution in [0, 0.1) is 0 Å². The summed E-state index contributed by atoms with van der Waals surface area (Å²) in [6.07, 6.45) is 0. The number of nitrogen functional groups attached to an aromatic ring is 1. The summed E-state index contributed by atoms with van der Waals surface area (Å²) in [6.45, 7) is 1.90. The third-order valence-corrected chi connectivity index (χ3v) is 3.26. The van der Waals surface area contributed by atoms with E-state index in [1.807, 2.05) is 6.92 Å². The van der Waals surface area contributed by atoms with Gasteiger partial charge in [0.1, 0.15) is 11.5 Å². The Morgan fingerprint density at radius 1 is 1.12 bits per heavy atom. The van der Waals surface area contributed by atoms with Crippen LogP contribution in [0.15, 0.2) is 42.5 Å². The molecule has 3 N–H and O–H groups in total. The second kappa shape index (κ2) is 8.58. The largest absolute Gasteiger partial charge is 0.495 e. The second-order valence-electron chi connectivity index (χ2n) is 5.01. The molecule has 2 rings (SSSR count). The Bertz CT molecular complexity index is 761. The number of amides is 1. The number of hydrogen-bond acceptors (Lipinski definition) is 6. The highest BCUT2D eigenvalue weighted by Gasteiger charge is 2.13. The van der Waals surface area contributed by atoms with E-state index in [0.29, 0.717) is 29.5 Å². The van der Waals surface area contributed by atoms with Gasteiger partial charge in [0.25, 0.3) is 5.91 Å². The number of para-hydroxylation sites is 2. The molecule has 1 amide bonds. The Hall–Kier alpha value is -3.22. The number of ether oxygens (including phenoxy) is 3. The number of nitrogens with two attached hydrogens (primary N) is 1. The number of anilines is 2. The molecule has 0 atom stereocenters. The van der Waals surface area contributed by atoms with E-state index in [9.17, 15) is 9.59 Å². The molecule has 0 aliphatic carbocycles. The molecule has 0 spiro atoms. The van der Waals surface area contributed by atoms with Gasteiger partial charge in [0.2, 0.25) is 0 Å². The Morgan fingerprint density at radius 3 is 2.56 bits per heavy atom. The molecule has 0 saturated heterocycles. The number of hydrogen-bond donors (Lipinski definition) is 2. The molecule has 7 nitrogen and oxygen atoms in total. The Morgan fingerprint density at radius 2 is 1.88 bits per heavy atom. The van der Waals surface area contributed by atoms with E-state index in [2.05, 4.69) is 5.32 Å². The van der Waals surface area contributed by atoms with Crippen molar-refractivity contribution in [2.24, 2.45) is 0 Å². The summed E-state index contributed by atoms with van der Waals surface area (Å²) in [5, 5.41) is 2.65. The van der Waals surface area contributed by atoms with Gasteiger partial charge in [-0.2, -0.15) is 0 Å². The van der Waals surface area contributed by atoms with Gasteiger partial charge >= 0.3 is 5.97 Å². The Balaban J connectivity index is 1.93. The van der Waals surface area contributed by atoms with Gasteiger partial charge in [-0.3, -0.25) is 4.79 Å². The molecule has 0 aliphatic rings. The van der Waals surface area contributed by atoms with E-state index in [0.717, 1.165) is 0 Å². The van der Waals surface area contributed by atoms with Crippen LogP contribution in [-0.2, 0) is 9.53 Å². The Kier molecular flexibility index (Phi) is 6.22. The van der Waals surface area contributed by atoms with Crippen molar-refractivity contribution in [1.29, 1.82) is 0 Å². The monoisotopic (exact) mass is 344 g/mol. The maximum Gasteiger partial charge on any atom is 0.338 e. The van der Waals surface area contributed by atoms with Gasteiger partial charge in [-0.25, -0.2) is 4.79 Å². The predicted octanol–water partition coefficient (Wildman–Crippen LogP) is 2.47. The molecule has 0 saturated carbocycles. The van der Waals surface area contributed by atoms with Crippen LogP contribution in [0.4, 0.5) is 11.4 Å². The molecule has 0 aromatic heterocycles. The fourth-order valence-electron chi connectivity index (χ4n) is 2.11. The number of rotatable bonds is 7. The highest BCUT2D eigenvalue weighted by molar-refractivity contribution is 5.96. The molecule has 0 aliphatic heterocycles. The van der Waals surface area contributed by atoms with Gasteiger partial charge in [-0.15, -0.1) is 0 Å². The zero-order valence-electron chi connectivity index (χ0n) is 14.1. The van der Waals surface area contributed by atoms with E-state index in [4.69, 9.17) is 19.9 Å². The summed E-state index contributed by atoms with van der Waals surface area (Å²) in [7, 11) is 1.48. The third kappa shape index (κ3) is 4.87. The van der Waals surface area contributed by atoms with Crippen LogP contribution in [0.25, 0.3) is 0 Å². The van der Waals surface area contributed by atoms with Crippen LogP contribution in [0.2, 0.25) is 0 Å². The summed E-state index contributed by atoms with van der Waals surface area (Å²) in [6, 6.07) is 11.5. The minimum Gasteiger partial charge on any atom is -0.495 e. The topological polar surface area (TPSA) is 99.9 Å². The quantitative estimate of drug-likeness (QED) is 0.591. The summed E-state index contributed by atoms with van der Waals surface area (Å²) in [5.74, 6) is -0.112. The number of esters is 1. The molecule has 0 heterocycles. The molecule has 0 radical (unpaired) electrons. The van der Waals surface area contributed by atoms with Crippen molar-refractivity contribution >= 4 is 23.3 Å². The van der Waals surface area contributed by atoms with Crippen molar-refractivity contribution in [3.63, 3.8) is 0 Å². The van der Waals surface area contributed by atoms with E-state index < -0.39 is 18.5 Å². The van der Waals surface area contributed by atoms with Crippen LogP contribution in [0.1, 0.15) is 17.3 Å². The van der Waals surface area contributed by atoms with Gasteiger partial charge in [-0.1, -0.05) is 12.1 Å². The predicted molar refractivity (Wildman–Crippen MR) is 93.9 cm³/mol. The molecule has 25 heavy (non-hydrogen) atoms. The van der Waals surface area contributed by atoms with Crippen molar-refractivity contribution in [2.75, 3.05) is 31.4 Å². The fraction of sp³-hybridized carbons (Fsp3) is 0.222. The lowest BCUT2D eigenvalue weighted by atomic mass is 10.2. The summed E-state index contributed by atoms with van der Waals surface area (Å²) >= 11 is 0. The Labute approximate surface area is 145 Å². The molecule has 0 fully saturated rings. The highest BCUT2D eigenvalue weighted by atomic mass is 16.5. The van der Waals surface area contributed by atoms with E-state index in [-0.39, 0.29) is 5.56 Å². The normalized spacial score (nSPS) is 10.0. The highest BCUT2D eigenvalue weighted by Crippen LogP contribution is 2.24. The first kappa shape index (κ1) is 18.1. The fourth-order valence-corrected chi connectivity index (χ4v) is 2.11. The zero-order valence-corrected chi connectivity index (χ0v) is 14.1. The molecular weight excluding hydrogens is 324 g/mol. The first-order valence-corrected chi connectivity index (χ1v) is 7.67. The maximum absolute atomic E-state index is 12.0. The number of nitrogens with one attached hydrogen (secondary N) is 1. The summed E-state index contributed by atoms with van der Waals surface area (Å²) in [5.41, 5.74) is 6.81. The van der Waals surface area contributed by atoms with Crippen molar-refractivity contribution in [2.45, 2.75) is 6.92 Å². The molecule has 2 aromatic rings. The average molecular weight is 344 g/mol. The number of carbonyl (C=O) groups excluding carboxylic acids is 2. The molecule has 2 aromatic carbocycles. The second-order valence-corrected chi connectivity index (χ2v) is 5.01. The average Bonchev–Trinajstić information content (AvgIpc) is 2.61. The van der Waals surface area contributed by atoms with Crippen LogP contribution in [-0.4, -0.2) is 32.2 Å². The first-order valence-electron chi connectivity index (χ1n) is 7.67. The van der Waals surface area contributed by atoms with Crippen LogP contribution < -0.4 is 20.5 Å². The van der Waals surface area contributed by atoms with Crippen molar-refractivity contribution in [3.8, 4) is 11.5 Å². The summed E-state index contributed by atoms with van der Waals surface area (Å²) < 4.78 is 15.4. The van der Waals surface area contributed by atoms with Gasteiger partial charge < -0.3 is 25.3 Å². The molecule has 0 bridgehead atoms. The van der Waals surface area contributed by atoms with E-state index >= 15 is 0 Å². The lowest BCUT2D eigenvalue weighted by molar-refractivity contribution is -0.119. The van der Waals surface area contributed by atoms with E-state index in [1.165, 1.54) is 19.2 Å². The summed E-state index contributed by atoms with van der Waals surface area (Å²) in [4.78, 5) is 24.0. The lowest BCUT2D eigenvalue weighted by Gasteiger charge is -2.11. The van der Waals surface area contributed by atoms with Crippen LogP contribution in [0.5, 0.6) is 11.5 Å². The van der Waals surface area contributed by atoms with Gasteiger partial charge in [0, 0.05) is 0 Å². The molecule has 7 heteroatoms. The smallest absolute Gasteiger partial charge is 0.338 e. The van der Waals surface area contributed by atoms with Crippen molar-refractivity contribution < 1.29 is 23.8 Å². The number of methoxy groups -OCH3 is 1. The van der Waals surface area contributed by atoms with Gasteiger partial charge in [0.15, 0.2) is 6.61 Å². The van der Waals surface area contributed by atoms with Crippen molar-refractivity contribution in [3.05, 3.63) is 48.0 Å². The number of benzene rings is 2. The van der Waals surface area contributed by atoms with Gasteiger partial charge in [-0.05, 0) is 37.3 Å². The minimum absolute atomic E-state index is 0.237. The van der Waals surface area contributed by atoms with Crippen LogP contribution in [0.3, 0.4) is 0 Å². The molecular formula is C18H20N2O5. The SMILES string of the molecule is CCOc1ccccc1NC(=O)COC(=O)c1ccc(OC)c(N)c1. The minimum atomic E-state index is -0.650. The molecule has 132 valence electrons.